The molecule has 1 aromatic rings. The van der Waals surface area contributed by atoms with Crippen molar-refractivity contribution in [3.63, 3.8) is 0 Å². The second-order valence-corrected chi connectivity index (χ2v) is 2.98. The highest BCUT2D eigenvalue weighted by molar-refractivity contribution is 5.50. The summed E-state index contributed by atoms with van der Waals surface area (Å²) in [6.45, 7) is 5.76. The molecule has 1 rings (SSSR count). The Balaban J connectivity index is 2.55. The molecule has 0 aromatic heterocycles. The lowest BCUT2D eigenvalue weighted by atomic mass is 10.2. The lowest BCUT2D eigenvalue weighted by Gasteiger charge is -1.88. The molecular weight excluding hydrogens is 156 g/mol. The van der Waals surface area contributed by atoms with Crippen LogP contribution in [0.4, 0.5) is 0 Å². The fraction of sp³-hybridized carbons (Fsp3) is 0.0769. The van der Waals surface area contributed by atoms with Crippen LogP contribution in [0.25, 0.3) is 6.08 Å². The smallest absolute Gasteiger partial charge is 0.0257 e. The van der Waals surface area contributed by atoms with Crippen molar-refractivity contribution in [3.8, 4) is 0 Å². The van der Waals surface area contributed by atoms with Gasteiger partial charge in [0.1, 0.15) is 0 Å². The Hall–Kier alpha value is -1.56. The van der Waals surface area contributed by atoms with Gasteiger partial charge in [-0.1, -0.05) is 66.8 Å². The first-order valence-corrected chi connectivity index (χ1v) is 4.34. The molecule has 66 valence electrons. The standard InChI is InChI=1S/C13H14/c1-12(2)8-6-7-11-13-9-4-3-5-10-13/h3-11H,1H2,2H3/b8-6-,11-7+. The summed E-state index contributed by atoms with van der Waals surface area (Å²) in [6, 6.07) is 10.2. The second kappa shape index (κ2) is 5.15. The van der Waals surface area contributed by atoms with E-state index in [-0.39, 0.29) is 0 Å². The summed E-state index contributed by atoms with van der Waals surface area (Å²) < 4.78 is 0. The molecule has 0 aliphatic heterocycles. The number of allylic oxidation sites excluding steroid dienone is 4. The van der Waals surface area contributed by atoms with E-state index in [9.17, 15) is 0 Å². The summed E-state index contributed by atoms with van der Waals surface area (Å²) in [4.78, 5) is 0. The third-order valence-electron chi connectivity index (χ3n) is 1.58. The molecule has 0 spiro atoms. The van der Waals surface area contributed by atoms with E-state index in [1.54, 1.807) is 0 Å². The molecule has 0 bridgehead atoms. The minimum absolute atomic E-state index is 1.07. The maximum atomic E-state index is 3.78. The van der Waals surface area contributed by atoms with E-state index in [1.807, 2.05) is 43.4 Å². The molecule has 13 heavy (non-hydrogen) atoms. The Morgan fingerprint density at radius 2 is 1.85 bits per heavy atom. The molecule has 0 heteroatoms. The first-order valence-electron chi connectivity index (χ1n) is 4.34. The van der Waals surface area contributed by atoms with E-state index in [0.29, 0.717) is 0 Å². The highest BCUT2D eigenvalue weighted by Gasteiger charge is 1.79. The largest absolute Gasteiger partial charge is 0.0961 e. The van der Waals surface area contributed by atoms with Crippen molar-refractivity contribution in [1.82, 2.24) is 0 Å². The van der Waals surface area contributed by atoms with Crippen LogP contribution in [-0.2, 0) is 0 Å². The van der Waals surface area contributed by atoms with Gasteiger partial charge in [0.2, 0.25) is 0 Å². The van der Waals surface area contributed by atoms with Gasteiger partial charge in [-0.15, -0.1) is 0 Å². The summed E-state index contributed by atoms with van der Waals surface area (Å²) in [5.74, 6) is 0. The maximum Gasteiger partial charge on any atom is -0.0257 e. The summed E-state index contributed by atoms with van der Waals surface area (Å²) >= 11 is 0. The molecule has 0 heterocycles. The van der Waals surface area contributed by atoms with Gasteiger partial charge in [-0.05, 0) is 12.5 Å². The van der Waals surface area contributed by atoms with Gasteiger partial charge in [0.05, 0.1) is 0 Å². The van der Waals surface area contributed by atoms with E-state index in [4.69, 9.17) is 0 Å². The summed E-state index contributed by atoms with van der Waals surface area (Å²) in [7, 11) is 0. The average Bonchev–Trinajstić information content (AvgIpc) is 2.14. The average molecular weight is 170 g/mol. The molecule has 0 aliphatic rings. The van der Waals surface area contributed by atoms with E-state index in [1.165, 1.54) is 5.56 Å². The molecular formula is C13H14. The molecule has 0 saturated carbocycles. The van der Waals surface area contributed by atoms with Crippen LogP contribution in [0.3, 0.4) is 0 Å². The van der Waals surface area contributed by atoms with Crippen molar-refractivity contribution >= 4 is 6.08 Å². The zero-order valence-corrected chi connectivity index (χ0v) is 7.90. The van der Waals surface area contributed by atoms with Crippen LogP contribution in [0.1, 0.15) is 12.5 Å². The van der Waals surface area contributed by atoms with Crippen LogP contribution in [0.2, 0.25) is 0 Å². The topological polar surface area (TPSA) is 0 Å². The van der Waals surface area contributed by atoms with Gasteiger partial charge in [-0.25, -0.2) is 0 Å². The molecule has 0 atom stereocenters. The van der Waals surface area contributed by atoms with Crippen molar-refractivity contribution in [2.75, 3.05) is 0 Å². The fourth-order valence-corrected chi connectivity index (χ4v) is 0.951. The molecule has 0 saturated heterocycles. The minimum Gasteiger partial charge on any atom is -0.0961 e. The zero-order valence-electron chi connectivity index (χ0n) is 7.90. The number of benzene rings is 1. The van der Waals surface area contributed by atoms with Crippen LogP contribution < -0.4 is 0 Å². The molecule has 0 unspecified atom stereocenters. The highest BCUT2D eigenvalue weighted by atomic mass is 13.9. The van der Waals surface area contributed by atoms with Gasteiger partial charge in [0.15, 0.2) is 0 Å². The Labute approximate surface area is 79.9 Å². The number of hydrogen-bond donors (Lipinski definition) is 0. The Morgan fingerprint density at radius 3 is 2.46 bits per heavy atom. The monoisotopic (exact) mass is 170 g/mol. The van der Waals surface area contributed by atoms with E-state index < -0.39 is 0 Å². The van der Waals surface area contributed by atoms with Gasteiger partial charge in [0, 0.05) is 0 Å². The van der Waals surface area contributed by atoms with Crippen molar-refractivity contribution in [1.29, 1.82) is 0 Å². The van der Waals surface area contributed by atoms with Crippen LogP contribution in [-0.4, -0.2) is 0 Å². The Morgan fingerprint density at radius 1 is 1.15 bits per heavy atom. The number of hydrogen-bond acceptors (Lipinski definition) is 0. The normalized spacial score (nSPS) is 11.2. The van der Waals surface area contributed by atoms with Gasteiger partial charge < -0.3 is 0 Å². The third-order valence-corrected chi connectivity index (χ3v) is 1.58. The summed E-state index contributed by atoms with van der Waals surface area (Å²) in [5, 5.41) is 0. The minimum atomic E-state index is 1.07. The first-order chi connectivity index (χ1) is 6.29. The van der Waals surface area contributed by atoms with Crippen LogP contribution >= 0.6 is 0 Å². The SMILES string of the molecule is C=C(C)/C=C\C=C\c1ccccc1. The van der Waals surface area contributed by atoms with Gasteiger partial charge in [-0.3, -0.25) is 0 Å². The van der Waals surface area contributed by atoms with E-state index in [2.05, 4.69) is 24.8 Å². The van der Waals surface area contributed by atoms with E-state index in [0.717, 1.165) is 5.57 Å². The lowest BCUT2D eigenvalue weighted by molar-refractivity contribution is 1.56. The van der Waals surface area contributed by atoms with Crippen LogP contribution in [0.15, 0.2) is 60.7 Å². The molecule has 0 nitrogen and oxygen atoms in total. The summed E-state index contributed by atoms with van der Waals surface area (Å²) in [5.41, 5.74) is 2.28. The van der Waals surface area contributed by atoms with Crippen molar-refractivity contribution in [3.05, 3.63) is 66.3 Å². The number of rotatable bonds is 3. The molecule has 1 aromatic carbocycles. The maximum absolute atomic E-state index is 3.78. The Bertz CT molecular complexity index is 315. The predicted molar refractivity (Wildman–Crippen MR) is 59.4 cm³/mol. The molecule has 0 N–H and O–H groups in total. The van der Waals surface area contributed by atoms with Crippen molar-refractivity contribution in [2.24, 2.45) is 0 Å². The molecule has 0 aliphatic carbocycles. The third kappa shape index (κ3) is 4.12. The quantitative estimate of drug-likeness (QED) is 0.605. The van der Waals surface area contributed by atoms with Crippen molar-refractivity contribution < 1.29 is 0 Å². The fourth-order valence-electron chi connectivity index (χ4n) is 0.951. The van der Waals surface area contributed by atoms with Crippen molar-refractivity contribution in [2.45, 2.75) is 6.92 Å². The Kier molecular flexibility index (Phi) is 3.77. The first kappa shape index (κ1) is 9.53. The lowest BCUT2D eigenvalue weighted by Crippen LogP contribution is -1.66. The van der Waals surface area contributed by atoms with Crippen LogP contribution in [0.5, 0.6) is 0 Å². The molecule has 0 radical (unpaired) electrons. The van der Waals surface area contributed by atoms with Crippen LogP contribution in [0, 0.1) is 0 Å². The highest BCUT2D eigenvalue weighted by Crippen LogP contribution is 2.01. The second-order valence-electron chi connectivity index (χ2n) is 2.98. The van der Waals surface area contributed by atoms with Gasteiger partial charge >= 0.3 is 0 Å². The molecule has 0 fully saturated rings. The van der Waals surface area contributed by atoms with Gasteiger partial charge in [-0.2, -0.15) is 0 Å². The zero-order chi connectivity index (χ0) is 9.52. The van der Waals surface area contributed by atoms with E-state index >= 15 is 0 Å². The predicted octanol–water partition coefficient (Wildman–Crippen LogP) is 3.83. The summed E-state index contributed by atoms with van der Waals surface area (Å²) in [6.07, 6.45) is 8.07. The van der Waals surface area contributed by atoms with Gasteiger partial charge in [0.25, 0.3) is 0 Å². The molecule has 0 amide bonds.